The van der Waals surface area contributed by atoms with Crippen molar-refractivity contribution in [3.63, 3.8) is 0 Å². The number of carbonyl (C=O) groups is 2. The van der Waals surface area contributed by atoms with Crippen LogP contribution in [0.1, 0.15) is 33.9 Å². The molecule has 1 heterocycles. The van der Waals surface area contributed by atoms with Gasteiger partial charge in [-0.3, -0.25) is 9.59 Å². The van der Waals surface area contributed by atoms with Gasteiger partial charge in [-0.25, -0.2) is 5.01 Å². The zero-order chi connectivity index (χ0) is 27.2. The van der Waals surface area contributed by atoms with Gasteiger partial charge in [0.1, 0.15) is 29.5 Å². The van der Waals surface area contributed by atoms with E-state index in [4.69, 9.17) is 24.0 Å². The molecule has 3 aromatic rings. The molecule has 1 atom stereocenters. The summed E-state index contributed by atoms with van der Waals surface area (Å²) in [6.07, 6.45) is 0.469. The molecule has 1 aliphatic heterocycles. The third-order valence-electron chi connectivity index (χ3n) is 6.44. The Labute approximate surface area is 222 Å². The fraction of sp³-hybridized carbons (Fsp3) is 0.276. The number of hydrogen-bond donors (Lipinski definition) is 0. The van der Waals surface area contributed by atoms with Crippen LogP contribution in [0.15, 0.2) is 71.8 Å². The Bertz CT molecular complexity index is 1320. The average molecular weight is 518 g/mol. The number of methoxy groups -OCH3 is 4. The van der Waals surface area contributed by atoms with Crippen LogP contribution in [-0.4, -0.2) is 69.5 Å². The van der Waals surface area contributed by atoms with E-state index in [1.165, 1.54) is 9.91 Å². The second-order valence-corrected chi connectivity index (χ2v) is 8.73. The Morgan fingerprint density at radius 3 is 2.00 bits per heavy atom. The maximum Gasteiger partial charge on any atom is 0.262 e. The second-order valence-electron chi connectivity index (χ2n) is 8.73. The third kappa shape index (κ3) is 5.56. The van der Waals surface area contributed by atoms with E-state index in [1.807, 2.05) is 36.4 Å². The minimum absolute atomic E-state index is 0.145. The average Bonchev–Trinajstić information content (AvgIpc) is 3.42. The van der Waals surface area contributed by atoms with Crippen molar-refractivity contribution < 1.29 is 28.5 Å². The first kappa shape index (κ1) is 26.5. The summed E-state index contributed by atoms with van der Waals surface area (Å²) in [6, 6.07) is 19.4. The van der Waals surface area contributed by atoms with E-state index in [2.05, 4.69) is 0 Å². The lowest BCUT2D eigenvalue weighted by Gasteiger charge is -2.25. The first-order valence-corrected chi connectivity index (χ1v) is 12.0. The molecule has 2 amide bonds. The molecule has 0 fully saturated rings. The third-order valence-corrected chi connectivity index (χ3v) is 6.44. The topological polar surface area (TPSA) is 89.9 Å². The molecule has 0 radical (unpaired) electrons. The van der Waals surface area contributed by atoms with Gasteiger partial charge >= 0.3 is 0 Å². The highest BCUT2D eigenvalue weighted by Gasteiger charge is 2.35. The highest BCUT2D eigenvalue weighted by Crippen LogP contribution is 2.36. The van der Waals surface area contributed by atoms with Crippen LogP contribution in [-0.2, 0) is 4.79 Å². The molecule has 9 heteroatoms. The number of likely N-dealkylation sites (N-methyl/N-ethyl adjacent to an activating group) is 1. The van der Waals surface area contributed by atoms with Gasteiger partial charge in [0.25, 0.3) is 11.8 Å². The van der Waals surface area contributed by atoms with Crippen molar-refractivity contribution in [2.24, 2.45) is 5.10 Å². The minimum Gasteiger partial charge on any atom is -0.497 e. The molecule has 1 aliphatic rings. The van der Waals surface area contributed by atoms with E-state index in [0.29, 0.717) is 40.7 Å². The summed E-state index contributed by atoms with van der Waals surface area (Å²) in [5, 5.41) is 6.18. The van der Waals surface area contributed by atoms with Crippen molar-refractivity contribution in [2.45, 2.75) is 12.5 Å². The fourth-order valence-electron chi connectivity index (χ4n) is 4.33. The molecule has 9 nitrogen and oxygen atoms in total. The smallest absolute Gasteiger partial charge is 0.262 e. The molecule has 0 saturated heterocycles. The van der Waals surface area contributed by atoms with Gasteiger partial charge in [0, 0.05) is 30.7 Å². The van der Waals surface area contributed by atoms with Crippen LogP contribution in [0, 0.1) is 0 Å². The largest absolute Gasteiger partial charge is 0.497 e. The Morgan fingerprint density at radius 2 is 1.42 bits per heavy atom. The van der Waals surface area contributed by atoms with Gasteiger partial charge in [-0.2, -0.15) is 5.10 Å². The number of hydrogen-bond acceptors (Lipinski definition) is 7. The van der Waals surface area contributed by atoms with E-state index in [0.717, 1.165) is 11.1 Å². The molecule has 38 heavy (non-hydrogen) atoms. The minimum atomic E-state index is -0.361. The predicted octanol–water partition coefficient (Wildman–Crippen LogP) is 4.17. The quantitative estimate of drug-likeness (QED) is 0.423. The summed E-state index contributed by atoms with van der Waals surface area (Å²) in [6.45, 7) is -0.145. The molecule has 0 aromatic heterocycles. The van der Waals surface area contributed by atoms with Crippen LogP contribution < -0.4 is 18.9 Å². The normalized spacial score (nSPS) is 14.5. The first-order valence-electron chi connectivity index (χ1n) is 12.0. The molecule has 3 aromatic carbocycles. The summed E-state index contributed by atoms with van der Waals surface area (Å²) in [5.74, 6) is 2.03. The van der Waals surface area contributed by atoms with Gasteiger partial charge < -0.3 is 23.8 Å². The van der Waals surface area contributed by atoms with E-state index >= 15 is 0 Å². The number of hydrazone groups is 1. The van der Waals surface area contributed by atoms with Crippen molar-refractivity contribution in [1.29, 1.82) is 0 Å². The van der Waals surface area contributed by atoms with Crippen LogP contribution in [0.5, 0.6) is 23.0 Å². The Balaban J connectivity index is 1.62. The van der Waals surface area contributed by atoms with Crippen LogP contribution in [0.4, 0.5) is 0 Å². The lowest BCUT2D eigenvalue weighted by atomic mass is 9.97. The van der Waals surface area contributed by atoms with Crippen LogP contribution >= 0.6 is 0 Å². The van der Waals surface area contributed by atoms with Crippen molar-refractivity contribution >= 4 is 17.5 Å². The van der Waals surface area contributed by atoms with E-state index in [1.54, 1.807) is 65.8 Å². The highest BCUT2D eigenvalue weighted by atomic mass is 16.5. The zero-order valence-corrected chi connectivity index (χ0v) is 22.1. The van der Waals surface area contributed by atoms with Crippen LogP contribution in [0.3, 0.4) is 0 Å². The lowest BCUT2D eigenvalue weighted by Crippen LogP contribution is -2.39. The summed E-state index contributed by atoms with van der Waals surface area (Å²) in [4.78, 5) is 27.9. The van der Waals surface area contributed by atoms with Gasteiger partial charge in [-0.15, -0.1) is 0 Å². The lowest BCUT2D eigenvalue weighted by molar-refractivity contribution is -0.133. The van der Waals surface area contributed by atoms with Crippen molar-refractivity contribution in [1.82, 2.24) is 9.91 Å². The fourth-order valence-corrected chi connectivity index (χ4v) is 4.33. The van der Waals surface area contributed by atoms with E-state index in [9.17, 15) is 9.59 Å². The number of ether oxygens (including phenoxy) is 4. The number of nitrogens with zero attached hydrogens (tertiary/aromatic N) is 3. The standard InChI is InChI=1S/C29H31N3O6/c1-31(29(34)20-8-12-22(36-3)13-9-20)18-28(33)32-26(19-6-10-21(35-2)11-7-19)17-25(30-32)24-15-14-23(37-4)16-27(24)38-5/h6-16,26H,17-18H2,1-5H3/t26-/m1/s1. The second kappa shape index (κ2) is 11.7. The number of amides is 2. The maximum absolute atomic E-state index is 13.6. The van der Waals surface area contributed by atoms with Gasteiger partial charge in [-0.1, -0.05) is 12.1 Å². The summed E-state index contributed by atoms with van der Waals surface area (Å²) < 4.78 is 21.4. The molecule has 0 unspecified atom stereocenters. The molecule has 0 N–H and O–H groups in total. The molecular formula is C29H31N3O6. The highest BCUT2D eigenvalue weighted by molar-refractivity contribution is 6.05. The zero-order valence-electron chi connectivity index (χ0n) is 22.1. The van der Waals surface area contributed by atoms with Gasteiger partial charge in [0.15, 0.2) is 0 Å². The SMILES string of the molecule is COc1ccc(C(=O)N(C)CC(=O)N2N=C(c3ccc(OC)cc3OC)C[C@@H]2c2ccc(OC)cc2)cc1. The summed E-state index contributed by atoms with van der Waals surface area (Å²) in [5.41, 5.74) is 2.82. The Morgan fingerprint density at radius 1 is 0.842 bits per heavy atom. The number of carbonyl (C=O) groups excluding carboxylic acids is 2. The molecule has 0 saturated carbocycles. The Kier molecular flexibility index (Phi) is 8.15. The van der Waals surface area contributed by atoms with E-state index in [-0.39, 0.29) is 24.4 Å². The maximum atomic E-state index is 13.6. The van der Waals surface area contributed by atoms with Crippen molar-refractivity contribution in [3.8, 4) is 23.0 Å². The molecule has 0 aliphatic carbocycles. The number of rotatable bonds is 9. The molecular weight excluding hydrogens is 486 g/mol. The summed E-state index contributed by atoms with van der Waals surface area (Å²) >= 11 is 0. The van der Waals surface area contributed by atoms with Crippen molar-refractivity contribution in [3.05, 3.63) is 83.4 Å². The monoisotopic (exact) mass is 517 g/mol. The van der Waals surface area contributed by atoms with Crippen LogP contribution in [0.2, 0.25) is 0 Å². The predicted molar refractivity (Wildman–Crippen MR) is 143 cm³/mol. The van der Waals surface area contributed by atoms with Gasteiger partial charge in [0.2, 0.25) is 0 Å². The first-order chi connectivity index (χ1) is 18.4. The molecule has 0 spiro atoms. The van der Waals surface area contributed by atoms with Crippen molar-refractivity contribution in [2.75, 3.05) is 42.0 Å². The van der Waals surface area contributed by atoms with E-state index < -0.39 is 0 Å². The van der Waals surface area contributed by atoms with Gasteiger partial charge in [0.05, 0.1) is 40.2 Å². The molecule has 0 bridgehead atoms. The van der Waals surface area contributed by atoms with Gasteiger partial charge in [-0.05, 0) is 54.1 Å². The number of benzene rings is 3. The molecule has 198 valence electrons. The van der Waals surface area contributed by atoms with Crippen LogP contribution in [0.25, 0.3) is 0 Å². The summed E-state index contributed by atoms with van der Waals surface area (Å²) in [7, 11) is 7.93. The molecule has 4 rings (SSSR count). The Hall–Kier alpha value is -4.53.